The van der Waals surface area contributed by atoms with Crippen LogP contribution in [0.4, 0.5) is 0 Å². The highest BCUT2D eigenvalue weighted by molar-refractivity contribution is 14.0. The molecule has 29 heavy (non-hydrogen) atoms. The molecule has 2 aliphatic heterocycles. The summed E-state index contributed by atoms with van der Waals surface area (Å²) in [5.41, 5.74) is 0. The number of amides is 1. The molecule has 0 aromatic rings. The lowest BCUT2D eigenvalue weighted by Crippen LogP contribution is -2.53. The summed E-state index contributed by atoms with van der Waals surface area (Å²) in [6.45, 7) is 9.41. The Balaban J connectivity index is 0.00000300. The molecule has 3 aliphatic rings. The Kier molecular flexibility index (Phi) is 10.5. The zero-order valence-electron chi connectivity index (χ0n) is 18.5. The SMILES string of the molecule is CN=C(NCC(C)N1CCN(C)CC1)NC1CCN(C(=O)C2CCCCC2)C1.I. The van der Waals surface area contributed by atoms with Gasteiger partial charge in [0.2, 0.25) is 5.91 Å². The lowest BCUT2D eigenvalue weighted by atomic mass is 9.88. The molecule has 0 aromatic heterocycles. The number of nitrogens with zero attached hydrogens (tertiary/aromatic N) is 4. The highest BCUT2D eigenvalue weighted by atomic mass is 127. The first kappa shape index (κ1) is 24.7. The fourth-order valence-corrected chi connectivity index (χ4v) is 4.71. The Morgan fingerprint density at radius 1 is 1.07 bits per heavy atom. The number of aliphatic imine (C=N–C) groups is 1. The minimum absolute atomic E-state index is 0. The first-order valence-corrected chi connectivity index (χ1v) is 11.3. The summed E-state index contributed by atoms with van der Waals surface area (Å²) in [4.78, 5) is 24.2. The predicted molar refractivity (Wildman–Crippen MR) is 130 cm³/mol. The van der Waals surface area contributed by atoms with Gasteiger partial charge in [-0.1, -0.05) is 19.3 Å². The van der Waals surface area contributed by atoms with Crippen molar-refractivity contribution in [2.45, 2.75) is 57.5 Å². The van der Waals surface area contributed by atoms with E-state index >= 15 is 0 Å². The van der Waals surface area contributed by atoms with E-state index in [4.69, 9.17) is 0 Å². The zero-order chi connectivity index (χ0) is 19.9. The molecule has 3 fully saturated rings. The van der Waals surface area contributed by atoms with Crippen molar-refractivity contribution in [2.75, 3.05) is 59.9 Å². The predicted octanol–water partition coefficient (Wildman–Crippen LogP) is 1.59. The van der Waals surface area contributed by atoms with Crippen molar-refractivity contribution in [3.63, 3.8) is 0 Å². The second-order valence-corrected chi connectivity index (χ2v) is 8.89. The minimum Gasteiger partial charge on any atom is -0.355 e. The van der Waals surface area contributed by atoms with Crippen LogP contribution in [0.2, 0.25) is 0 Å². The summed E-state index contributed by atoms with van der Waals surface area (Å²) in [5.74, 6) is 1.52. The van der Waals surface area contributed by atoms with Gasteiger partial charge in [0.1, 0.15) is 0 Å². The van der Waals surface area contributed by atoms with E-state index in [1.165, 1.54) is 19.3 Å². The molecule has 2 unspecified atom stereocenters. The number of carbonyl (C=O) groups excluding carboxylic acids is 1. The molecule has 168 valence electrons. The number of nitrogens with one attached hydrogen (secondary N) is 2. The third kappa shape index (κ3) is 7.24. The Morgan fingerprint density at radius 2 is 1.76 bits per heavy atom. The number of hydrogen-bond acceptors (Lipinski definition) is 4. The summed E-state index contributed by atoms with van der Waals surface area (Å²) >= 11 is 0. The second-order valence-electron chi connectivity index (χ2n) is 8.89. The molecule has 1 amide bonds. The third-order valence-corrected chi connectivity index (χ3v) is 6.74. The van der Waals surface area contributed by atoms with E-state index in [0.29, 0.717) is 18.0 Å². The van der Waals surface area contributed by atoms with Crippen molar-refractivity contribution in [3.05, 3.63) is 0 Å². The molecule has 2 saturated heterocycles. The number of guanidine groups is 1. The van der Waals surface area contributed by atoms with Gasteiger partial charge in [0.25, 0.3) is 0 Å². The number of likely N-dealkylation sites (tertiary alicyclic amines) is 1. The average Bonchev–Trinajstić information content (AvgIpc) is 3.20. The molecule has 7 nitrogen and oxygen atoms in total. The van der Waals surface area contributed by atoms with Gasteiger partial charge in [-0.3, -0.25) is 14.7 Å². The van der Waals surface area contributed by atoms with Gasteiger partial charge in [-0.25, -0.2) is 0 Å². The summed E-state index contributed by atoms with van der Waals surface area (Å²) in [5, 5.41) is 7.03. The maximum absolute atomic E-state index is 12.8. The highest BCUT2D eigenvalue weighted by Crippen LogP contribution is 2.26. The number of rotatable bonds is 5. The topological polar surface area (TPSA) is 63.2 Å². The van der Waals surface area contributed by atoms with E-state index in [0.717, 1.165) is 71.0 Å². The van der Waals surface area contributed by atoms with Crippen LogP contribution in [0.3, 0.4) is 0 Å². The van der Waals surface area contributed by atoms with Gasteiger partial charge in [-0.05, 0) is 33.2 Å². The molecule has 0 spiro atoms. The van der Waals surface area contributed by atoms with Gasteiger partial charge in [-0.2, -0.15) is 0 Å². The summed E-state index contributed by atoms with van der Waals surface area (Å²) in [6.07, 6.45) is 6.90. The van der Waals surface area contributed by atoms with Crippen LogP contribution < -0.4 is 10.6 Å². The van der Waals surface area contributed by atoms with Gasteiger partial charge in [0.05, 0.1) is 0 Å². The van der Waals surface area contributed by atoms with E-state index in [9.17, 15) is 4.79 Å². The minimum atomic E-state index is 0. The highest BCUT2D eigenvalue weighted by Gasteiger charge is 2.31. The third-order valence-electron chi connectivity index (χ3n) is 6.74. The quantitative estimate of drug-likeness (QED) is 0.328. The average molecular weight is 521 g/mol. The number of halogens is 1. The van der Waals surface area contributed by atoms with Crippen LogP contribution in [0.5, 0.6) is 0 Å². The fourth-order valence-electron chi connectivity index (χ4n) is 4.71. The molecule has 0 aromatic carbocycles. The van der Waals surface area contributed by atoms with Crippen molar-refractivity contribution < 1.29 is 4.79 Å². The fraction of sp³-hybridized carbons (Fsp3) is 0.905. The van der Waals surface area contributed by atoms with Gasteiger partial charge in [-0.15, -0.1) is 24.0 Å². The van der Waals surface area contributed by atoms with Crippen LogP contribution in [0, 0.1) is 5.92 Å². The number of hydrogen-bond donors (Lipinski definition) is 2. The Labute approximate surface area is 194 Å². The monoisotopic (exact) mass is 520 g/mol. The van der Waals surface area contributed by atoms with Crippen LogP contribution in [-0.4, -0.2) is 98.6 Å². The molecular weight excluding hydrogens is 479 g/mol. The van der Waals surface area contributed by atoms with E-state index in [-0.39, 0.29) is 29.9 Å². The standard InChI is InChI=1S/C21H40N6O.HI/c1-17(26-13-11-25(3)12-14-26)15-23-21(22-2)24-19-9-10-27(16-19)20(28)18-7-5-4-6-8-18;/h17-19H,4-16H2,1-3H3,(H2,22,23,24);1H. The van der Waals surface area contributed by atoms with Crippen molar-refractivity contribution in [2.24, 2.45) is 10.9 Å². The molecular formula is C21H41IN6O. The van der Waals surface area contributed by atoms with Gasteiger partial charge >= 0.3 is 0 Å². The van der Waals surface area contributed by atoms with Crippen LogP contribution in [-0.2, 0) is 4.79 Å². The molecule has 3 rings (SSSR count). The first-order chi connectivity index (χ1) is 13.6. The van der Waals surface area contributed by atoms with Crippen LogP contribution in [0.25, 0.3) is 0 Å². The normalized spacial score (nSPS) is 26.1. The molecule has 8 heteroatoms. The van der Waals surface area contributed by atoms with Crippen LogP contribution in [0.15, 0.2) is 4.99 Å². The van der Waals surface area contributed by atoms with Crippen molar-refractivity contribution in [1.82, 2.24) is 25.3 Å². The largest absolute Gasteiger partial charge is 0.355 e. The molecule has 2 N–H and O–H groups in total. The molecule has 0 radical (unpaired) electrons. The van der Waals surface area contributed by atoms with Crippen molar-refractivity contribution in [3.8, 4) is 0 Å². The molecule has 2 heterocycles. The summed E-state index contributed by atoms with van der Waals surface area (Å²) in [6, 6.07) is 0.790. The molecule has 1 aliphatic carbocycles. The van der Waals surface area contributed by atoms with Gasteiger partial charge in [0, 0.05) is 70.9 Å². The Morgan fingerprint density at radius 3 is 2.41 bits per heavy atom. The van der Waals surface area contributed by atoms with E-state index < -0.39 is 0 Å². The van der Waals surface area contributed by atoms with Crippen LogP contribution in [0.1, 0.15) is 45.4 Å². The van der Waals surface area contributed by atoms with Crippen molar-refractivity contribution in [1.29, 1.82) is 0 Å². The van der Waals surface area contributed by atoms with E-state index in [1.807, 2.05) is 7.05 Å². The zero-order valence-corrected chi connectivity index (χ0v) is 20.9. The lowest BCUT2D eigenvalue weighted by molar-refractivity contribution is -0.135. The van der Waals surface area contributed by atoms with E-state index in [2.05, 4.69) is 44.3 Å². The summed E-state index contributed by atoms with van der Waals surface area (Å²) < 4.78 is 0. The smallest absolute Gasteiger partial charge is 0.225 e. The van der Waals surface area contributed by atoms with Crippen molar-refractivity contribution >= 4 is 35.8 Å². The maximum Gasteiger partial charge on any atom is 0.225 e. The Hall–Kier alpha value is -0.610. The van der Waals surface area contributed by atoms with Gasteiger partial charge < -0.3 is 20.4 Å². The first-order valence-electron chi connectivity index (χ1n) is 11.3. The lowest BCUT2D eigenvalue weighted by Gasteiger charge is -2.36. The number of likely N-dealkylation sites (N-methyl/N-ethyl adjacent to an activating group) is 1. The van der Waals surface area contributed by atoms with E-state index in [1.54, 1.807) is 0 Å². The molecule has 0 bridgehead atoms. The Bertz CT molecular complexity index is 531. The summed E-state index contributed by atoms with van der Waals surface area (Å²) in [7, 11) is 4.02. The molecule has 1 saturated carbocycles. The van der Waals surface area contributed by atoms with Gasteiger partial charge in [0.15, 0.2) is 5.96 Å². The second kappa shape index (κ2) is 12.3. The molecule has 2 atom stereocenters. The maximum atomic E-state index is 12.8. The van der Waals surface area contributed by atoms with Crippen LogP contribution >= 0.6 is 24.0 Å². The number of carbonyl (C=O) groups is 1. The number of piperazine rings is 1.